The summed E-state index contributed by atoms with van der Waals surface area (Å²) in [5.41, 5.74) is 1.28. The van der Waals surface area contributed by atoms with E-state index in [1.54, 1.807) is 22.9 Å². The molecule has 4 aromatic rings. The van der Waals surface area contributed by atoms with E-state index in [2.05, 4.69) is 25.9 Å². The lowest BCUT2D eigenvalue weighted by Gasteiger charge is -2.09. The summed E-state index contributed by atoms with van der Waals surface area (Å²) in [5, 5.41) is 18.8. The summed E-state index contributed by atoms with van der Waals surface area (Å²) < 4.78 is 16.0. The monoisotopic (exact) mass is 417 g/mol. The van der Waals surface area contributed by atoms with Crippen LogP contribution in [0.3, 0.4) is 0 Å². The maximum Gasteiger partial charge on any atom is 0.276 e. The minimum Gasteiger partial charge on any atom is -0.321 e. The Morgan fingerprint density at radius 3 is 2.65 bits per heavy atom. The molecule has 2 aromatic heterocycles. The van der Waals surface area contributed by atoms with Crippen LogP contribution in [-0.4, -0.2) is 35.9 Å². The number of carbonyl (C=O) groups is 1. The second kappa shape index (κ2) is 7.56. The normalized spacial score (nSPS) is 13.2. The molecule has 0 spiro atoms. The van der Waals surface area contributed by atoms with Crippen LogP contribution in [0.15, 0.2) is 65.5 Å². The number of nitrogens with zero attached hydrogens (tertiary/aromatic N) is 6. The molecule has 31 heavy (non-hydrogen) atoms. The fourth-order valence-electron chi connectivity index (χ4n) is 3.18. The van der Waals surface area contributed by atoms with E-state index in [1.807, 2.05) is 6.07 Å². The van der Waals surface area contributed by atoms with Gasteiger partial charge in [0.05, 0.1) is 11.7 Å². The highest BCUT2D eigenvalue weighted by molar-refractivity contribution is 6.03. The van der Waals surface area contributed by atoms with E-state index in [-0.39, 0.29) is 5.69 Å². The Hall–Kier alpha value is -4.21. The molecule has 1 saturated carbocycles. The first kappa shape index (κ1) is 18.8. The van der Waals surface area contributed by atoms with Gasteiger partial charge in [-0.1, -0.05) is 12.1 Å². The second-order valence-corrected chi connectivity index (χ2v) is 7.16. The minimum absolute atomic E-state index is 0.0390. The summed E-state index contributed by atoms with van der Waals surface area (Å²) in [6.45, 7) is 0. The van der Waals surface area contributed by atoms with Crippen molar-refractivity contribution in [1.82, 2.24) is 30.0 Å². The Bertz CT molecular complexity index is 1330. The van der Waals surface area contributed by atoms with Gasteiger partial charge < -0.3 is 5.32 Å². The van der Waals surface area contributed by atoms with Gasteiger partial charge in [0.25, 0.3) is 11.5 Å². The first-order chi connectivity index (χ1) is 15.1. The molecule has 1 amide bonds. The van der Waals surface area contributed by atoms with Crippen molar-refractivity contribution in [2.24, 2.45) is 0 Å². The molecule has 0 atom stereocenters. The quantitative estimate of drug-likeness (QED) is 0.535. The Labute approximate surface area is 175 Å². The minimum atomic E-state index is -0.491. The Kier molecular flexibility index (Phi) is 4.58. The number of anilines is 1. The van der Waals surface area contributed by atoms with Gasteiger partial charge in [-0.15, -0.1) is 5.10 Å². The lowest BCUT2D eigenvalue weighted by atomic mass is 10.2. The SMILES string of the molecule is O=C(Nc1cccc(-c2nnnn2C2CC2)c1)c1ccc(=O)n(-c2ccc(F)cc2)n1. The van der Waals surface area contributed by atoms with Crippen molar-refractivity contribution in [1.29, 1.82) is 0 Å². The van der Waals surface area contributed by atoms with Crippen LogP contribution < -0.4 is 10.9 Å². The molecule has 5 rings (SSSR count). The predicted octanol–water partition coefficient (Wildman–Crippen LogP) is 2.61. The first-order valence-corrected chi connectivity index (χ1v) is 9.64. The molecular weight excluding hydrogens is 401 g/mol. The number of hydrogen-bond acceptors (Lipinski definition) is 6. The van der Waals surface area contributed by atoms with Crippen LogP contribution in [0.25, 0.3) is 17.1 Å². The smallest absolute Gasteiger partial charge is 0.276 e. The molecule has 0 radical (unpaired) electrons. The number of rotatable bonds is 5. The van der Waals surface area contributed by atoms with E-state index < -0.39 is 17.3 Å². The summed E-state index contributed by atoms with van der Waals surface area (Å²) in [5.74, 6) is -0.283. The first-order valence-electron chi connectivity index (χ1n) is 9.64. The third kappa shape index (κ3) is 3.82. The lowest BCUT2D eigenvalue weighted by molar-refractivity contribution is 0.102. The number of amides is 1. The van der Waals surface area contributed by atoms with Crippen LogP contribution in [0.1, 0.15) is 29.4 Å². The molecule has 2 aromatic carbocycles. The van der Waals surface area contributed by atoms with Crippen LogP contribution in [-0.2, 0) is 0 Å². The van der Waals surface area contributed by atoms with Gasteiger partial charge in [-0.3, -0.25) is 9.59 Å². The van der Waals surface area contributed by atoms with Crippen LogP contribution in [0.2, 0.25) is 0 Å². The summed E-state index contributed by atoms with van der Waals surface area (Å²) >= 11 is 0. The molecule has 0 aliphatic heterocycles. The van der Waals surface area contributed by atoms with E-state index in [0.29, 0.717) is 23.2 Å². The second-order valence-electron chi connectivity index (χ2n) is 7.16. The van der Waals surface area contributed by atoms with Crippen molar-refractivity contribution in [3.8, 4) is 17.1 Å². The number of nitrogens with one attached hydrogen (secondary N) is 1. The standard InChI is InChI=1S/C21H16FN7O2/c22-14-4-6-16(7-5-14)28-19(30)11-10-18(25-28)21(31)23-15-3-1-2-13(12-15)20-24-26-27-29(20)17-8-9-17/h1-7,10-12,17H,8-9H2,(H,23,31). The van der Waals surface area contributed by atoms with Crippen LogP contribution in [0.5, 0.6) is 0 Å². The van der Waals surface area contributed by atoms with Gasteiger partial charge in [0, 0.05) is 17.3 Å². The maximum atomic E-state index is 13.2. The van der Waals surface area contributed by atoms with Gasteiger partial charge in [0.1, 0.15) is 11.5 Å². The van der Waals surface area contributed by atoms with Gasteiger partial charge in [-0.25, -0.2) is 9.07 Å². The third-order valence-electron chi connectivity index (χ3n) is 4.87. The molecule has 0 saturated heterocycles. The van der Waals surface area contributed by atoms with E-state index in [0.717, 1.165) is 23.1 Å². The van der Waals surface area contributed by atoms with Crippen molar-refractivity contribution in [3.05, 3.63) is 82.5 Å². The van der Waals surface area contributed by atoms with Crippen molar-refractivity contribution >= 4 is 11.6 Å². The molecular formula is C21H16FN7O2. The molecule has 10 heteroatoms. The zero-order valence-corrected chi connectivity index (χ0v) is 16.1. The molecule has 2 heterocycles. The largest absolute Gasteiger partial charge is 0.321 e. The van der Waals surface area contributed by atoms with Crippen molar-refractivity contribution < 1.29 is 9.18 Å². The van der Waals surface area contributed by atoms with Gasteiger partial charge in [0.2, 0.25) is 0 Å². The number of tetrazole rings is 1. The number of benzene rings is 2. The fourth-order valence-corrected chi connectivity index (χ4v) is 3.18. The zero-order valence-electron chi connectivity index (χ0n) is 16.1. The molecule has 1 fully saturated rings. The average Bonchev–Trinajstić information content (AvgIpc) is 3.51. The lowest BCUT2D eigenvalue weighted by Crippen LogP contribution is -2.24. The highest BCUT2D eigenvalue weighted by Crippen LogP contribution is 2.36. The number of halogens is 1. The molecule has 154 valence electrons. The van der Waals surface area contributed by atoms with Crippen molar-refractivity contribution in [2.75, 3.05) is 5.32 Å². The van der Waals surface area contributed by atoms with Crippen molar-refractivity contribution in [2.45, 2.75) is 18.9 Å². The van der Waals surface area contributed by atoms with Crippen LogP contribution >= 0.6 is 0 Å². The highest BCUT2D eigenvalue weighted by Gasteiger charge is 2.28. The maximum absolute atomic E-state index is 13.2. The van der Waals surface area contributed by atoms with E-state index >= 15 is 0 Å². The van der Waals surface area contributed by atoms with Gasteiger partial charge >= 0.3 is 0 Å². The van der Waals surface area contributed by atoms with E-state index in [4.69, 9.17) is 0 Å². The fraction of sp³-hybridized carbons (Fsp3) is 0.143. The molecule has 0 unspecified atom stereocenters. The topological polar surface area (TPSA) is 108 Å². The summed E-state index contributed by atoms with van der Waals surface area (Å²) in [6, 6.07) is 15.4. The van der Waals surface area contributed by atoms with Gasteiger partial charge in [-0.05, 0) is 65.7 Å². The summed E-state index contributed by atoms with van der Waals surface area (Å²) in [6.07, 6.45) is 2.09. The molecule has 1 aliphatic rings. The molecule has 9 nitrogen and oxygen atoms in total. The summed E-state index contributed by atoms with van der Waals surface area (Å²) in [7, 11) is 0. The number of hydrogen-bond donors (Lipinski definition) is 1. The number of aromatic nitrogens is 6. The Morgan fingerprint density at radius 2 is 1.87 bits per heavy atom. The molecule has 1 N–H and O–H groups in total. The average molecular weight is 417 g/mol. The third-order valence-corrected chi connectivity index (χ3v) is 4.87. The van der Waals surface area contributed by atoms with Crippen molar-refractivity contribution in [3.63, 3.8) is 0 Å². The Balaban J connectivity index is 1.40. The van der Waals surface area contributed by atoms with E-state index in [9.17, 15) is 14.0 Å². The van der Waals surface area contributed by atoms with Gasteiger partial charge in [-0.2, -0.15) is 9.78 Å². The highest BCUT2D eigenvalue weighted by atomic mass is 19.1. The molecule has 0 bridgehead atoms. The van der Waals surface area contributed by atoms with Crippen LogP contribution in [0.4, 0.5) is 10.1 Å². The predicted molar refractivity (Wildman–Crippen MR) is 109 cm³/mol. The zero-order chi connectivity index (χ0) is 21.4. The molecule has 1 aliphatic carbocycles. The number of carbonyl (C=O) groups excluding carboxylic acids is 1. The van der Waals surface area contributed by atoms with Crippen LogP contribution in [0, 0.1) is 5.82 Å². The summed E-state index contributed by atoms with van der Waals surface area (Å²) in [4.78, 5) is 24.9. The van der Waals surface area contributed by atoms with Gasteiger partial charge in [0.15, 0.2) is 5.82 Å². The van der Waals surface area contributed by atoms with E-state index in [1.165, 1.54) is 36.4 Å². The Morgan fingerprint density at radius 1 is 1.06 bits per heavy atom.